The van der Waals surface area contributed by atoms with Crippen molar-refractivity contribution in [3.63, 3.8) is 0 Å². The van der Waals surface area contributed by atoms with Gasteiger partial charge in [-0.1, -0.05) is 48.5 Å². The standard InChI is InChI=1S/C13H25BrO2/c1-13(11-16-12-13)10-15-9-7-5-3-2-4-6-8-14/h2-12H2,1H3. The molecule has 1 rings (SSSR count). The molecule has 0 saturated carbocycles. The molecule has 3 heteroatoms. The summed E-state index contributed by atoms with van der Waals surface area (Å²) in [4.78, 5) is 0. The molecule has 0 N–H and O–H groups in total. The van der Waals surface area contributed by atoms with Crippen LogP contribution in [0.3, 0.4) is 0 Å². The fourth-order valence-electron chi connectivity index (χ4n) is 1.86. The molecule has 0 aromatic heterocycles. The van der Waals surface area contributed by atoms with E-state index in [9.17, 15) is 0 Å². The normalized spacial score (nSPS) is 18.4. The topological polar surface area (TPSA) is 18.5 Å². The maximum atomic E-state index is 5.68. The van der Waals surface area contributed by atoms with Crippen LogP contribution in [0.15, 0.2) is 0 Å². The Labute approximate surface area is 108 Å². The third-order valence-electron chi connectivity index (χ3n) is 3.02. The van der Waals surface area contributed by atoms with Gasteiger partial charge in [0, 0.05) is 17.4 Å². The van der Waals surface area contributed by atoms with Gasteiger partial charge in [0.1, 0.15) is 0 Å². The minimum absolute atomic E-state index is 0.315. The number of unbranched alkanes of at least 4 members (excludes halogenated alkanes) is 5. The van der Waals surface area contributed by atoms with Crippen LogP contribution in [0.2, 0.25) is 0 Å². The molecule has 0 unspecified atom stereocenters. The lowest BCUT2D eigenvalue weighted by Gasteiger charge is -2.37. The summed E-state index contributed by atoms with van der Waals surface area (Å²) in [7, 11) is 0. The summed E-state index contributed by atoms with van der Waals surface area (Å²) >= 11 is 3.45. The fourth-order valence-corrected chi connectivity index (χ4v) is 2.25. The lowest BCUT2D eigenvalue weighted by atomic mass is 9.90. The predicted octanol–water partition coefficient (Wildman–Crippen LogP) is 3.78. The van der Waals surface area contributed by atoms with Gasteiger partial charge in [-0.3, -0.25) is 0 Å². The summed E-state index contributed by atoms with van der Waals surface area (Å²) in [6.07, 6.45) is 7.94. The van der Waals surface area contributed by atoms with Crippen LogP contribution in [-0.2, 0) is 9.47 Å². The highest BCUT2D eigenvalue weighted by molar-refractivity contribution is 9.09. The van der Waals surface area contributed by atoms with Crippen LogP contribution >= 0.6 is 15.9 Å². The lowest BCUT2D eigenvalue weighted by Crippen LogP contribution is -2.43. The molecule has 0 aliphatic carbocycles. The van der Waals surface area contributed by atoms with Gasteiger partial charge in [-0.05, 0) is 12.8 Å². The maximum absolute atomic E-state index is 5.68. The minimum atomic E-state index is 0.315. The van der Waals surface area contributed by atoms with E-state index in [1.807, 2.05) is 0 Å². The molecule has 0 amide bonds. The number of halogens is 1. The van der Waals surface area contributed by atoms with Crippen LogP contribution in [0.5, 0.6) is 0 Å². The van der Waals surface area contributed by atoms with E-state index in [0.29, 0.717) is 5.41 Å². The highest BCUT2D eigenvalue weighted by Gasteiger charge is 2.33. The van der Waals surface area contributed by atoms with Gasteiger partial charge in [-0.25, -0.2) is 0 Å². The molecule has 0 aromatic carbocycles. The van der Waals surface area contributed by atoms with Crippen molar-refractivity contribution in [2.75, 3.05) is 31.8 Å². The zero-order valence-corrected chi connectivity index (χ0v) is 12.1. The van der Waals surface area contributed by atoms with Gasteiger partial charge < -0.3 is 9.47 Å². The van der Waals surface area contributed by atoms with Gasteiger partial charge >= 0.3 is 0 Å². The van der Waals surface area contributed by atoms with Crippen molar-refractivity contribution < 1.29 is 9.47 Å². The second kappa shape index (κ2) is 8.48. The first-order chi connectivity index (χ1) is 7.77. The SMILES string of the molecule is CC1(COCCCCCCCCBr)COC1. The minimum Gasteiger partial charge on any atom is -0.381 e. The molecule has 0 atom stereocenters. The van der Waals surface area contributed by atoms with E-state index >= 15 is 0 Å². The molecule has 2 nitrogen and oxygen atoms in total. The van der Waals surface area contributed by atoms with E-state index in [-0.39, 0.29) is 0 Å². The molecule has 0 spiro atoms. The van der Waals surface area contributed by atoms with E-state index in [4.69, 9.17) is 9.47 Å². The predicted molar refractivity (Wildman–Crippen MR) is 71.2 cm³/mol. The molecule has 96 valence electrons. The summed E-state index contributed by atoms with van der Waals surface area (Å²) in [6.45, 7) is 5.78. The zero-order chi connectivity index (χ0) is 11.7. The van der Waals surface area contributed by atoms with Crippen molar-refractivity contribution in [2.45, 2.75) is 45.4 Å². The van der Waals surface area contributed by atoms with Crippen molar-refractivity contribution >= 4 is 15.9 Å². The molecular weight excluding hydrogens is 268 g/mol. The second-order valence-corrected chi connectivity index (χ2v) is 5.96. The van der Waals surface area contributed by atoms with Gasteiger partial charge in [0.25, 0.3) is 0 Å². The van der Waals surface area contributed by atoms with Crippen molar-refractivity contribution in [3.05, 3.63) is 0 Å². The van der Waals surface area contributed by atoms with Crippen LogP contribution in [0, 0.1) is 5.41 Å². The van der Waals surface area contributed by atoms with Gasteiger partial charge in [0.2, 0.25) is 0 Å². The number of alkyl halides is 1. The Kier molecular flexibility index (Phi) is 7.67. The van der Waals surface area contributed by atoms with E-state index < -0.39 is 0 Å². The molecule has 1 heterocycles. The first kappa shape index (κ1) is 14.5. The average molecular weight is 293 g/mol. The monoisotopic (exact) mass is 292 g/mol. The Bertz CT molecular complexity index is 169. The Morgan fingerprint density at radius 3 is 2.25 bits per heavy atom. The molecule has 0 aromatic rings. The van der Waals surface area contributed by atoms with Crippen molar-refractivity contribution in [1.82, 2.24) is 0 Å². The summed E-state index contributed by atoms with van der Waals surface area (Å²) in [5.74, 6) is 0. The van der Waals surface area contributed by atoms with Crippen LogP contribution in [0.4, 0.5) is 0 Å². The van der Waals surface area contributed by atoms with Gasteiger partial charge in [-0.15, -0.1) is 0 Å². The zero-order valence-electron chi connectivity index (χ0n) is 10.5. The molecule has 0 bridgehead atoms. The summed E-state index contributed by atoms with van der Waals surface area (Å²) in [5.41, 5.74) is 0.315. The molecular formula is C13H25BrO2. The Morgan fingerprint density at radius 1 is 1.06 bits per heavy atom. The largest absolute Gasteiger partial charge is 0.381 e. The highest BCUT2D eigenvalue weighted by Crippen LogP contribution is 2.26. The maximum Gasteiger partial charge on any atom is 0.0564 e. The van der Waals surface area contributed by atoms with Gasteiger partial charge in [0.05, 0.1) is 19.8 Å². The smallest absolute Gasteiger partial charge is 0.0564 e. The van der Waals surface area contributed by atoms with E-state index in [0.717, 1.165) is 31.8 Å². The first-order valence-electron chi connectivity index (χ1n) is 6.48. The van der Waals surface area contributed by atoms with Gasteiger partial charge in [-0.2, -0.15) is 0 Å². The van der Waals surface area contributed by atoms with Crippen molar-refractivity contribution in [1.29, 1.82) is 0 Å². The average Bonchev–Trinajstić information content (AvgIpc) is 2.24. The summed E-state index contributed by atoms with van der Waals surface area (Å²) in [6, 6.07) is 0. The van der Waals surface area contributed by atoms with E-state index in [1.54, 1.807) is 0 Å². The van der Waals surface area contributed by atoms with E-state index in [1.165, 1.54) is 38.5 Å². The highest BCUT2D eigenvalue weighted by atomic mass is 79.9. The lowest BCUT2D eigenvalue weighted by molar-refractivity contribution is -0.137. The number of hydrogen-bond donors (Lipinski definition) is 0. The third kappa shape index (κ3) is 6.21. The molecule has 1 saturated heterocycles. The Hall–Kier alpha value is 0.400. The number of hydrogen-bond acceptors (Lipinski definition) is 2. The Balaban J connectivity index is 1.74. The molecule has 1 fully saturated rings. The number of rotatable bonds is 10. The Morgan fingerprint density at radius 2 is 1.69 bits per heavy atom. The van der Waals surface area contributed by atoms with Gasteiger partial charge in [0.15, 0.2) is 0 Å². The molecule has 0 radical (unpaired) electrons. The summed E-state index contributed by atoms with van der Waals surface area (Å²) < 4.78 is 10.9. The van der Waals surface area contributed by atoms with Crippen LogP contribution in [0.1, 0.15) is 45.4 Å². The fraction of sp³-hybridized carbons (Fsp3) is 1.00. The molecule has 1 aliphatic rings. The third-order valence-corrected chi connectivity index (χ3v) is 3.58. The number of ether oxygens (including phenoxy) is 2. The van der Waals surface area contributed by atoms with Crippen LogP contribution < -0.4 is 0 Å². The molecule has 1 aliphatic heterocycles. The van der Waals surface area contributed by atoms with E-state index in [2.05, 4.69) is 22.9 Å². The van der Waals surface area contributed by atoms with Crippen LogP contribution in [-0.4, -0.2) is 31.8 Å². The van der Waals surface area contributed by atoms with Crippen molar-refractivity contribution in [2.24, 2.45) is 5.41 Å². The van der Waals surface area contributed by atoms with Crippen molar-refractivity contribution in [3.8, 4) is 0 Å². The quantitative estimate of drug-likeness (QED) is 0.451. The summed E-state index contributed by atoms with van der Waals surface area (Å²) in [5, 5.41) is 1.15. The first-order valence-corrected chi connectivity index (χ1v) is 7.60. The van der Waals surface area contributed by atoms with Crippen LogP contribution in [0.25, 0.3) is 0 Å². The molecule has 16 heavy (non-hydrogen) atoms. The second-order valence-electron chi connectivity index (χ2n) is 5.17.